The average Bonchev–Trinajstić information content (AvgIpc) is 2.91. The number of benzene rings is 1. The standard InChI is InChI=1S/C17H23NOS/c1-2-3-4-5-9-12-19-16-13-17(20-14-16)18-15-10-7-6-8-11-15/h6-8,10-11,13-14,18H,2-5,9,12H2,1H3. The molecule has 1 heterocycles. The Kier molecular flexibility index (Phi) is 6.45. The van der Waals surface area contributed by atoms with E-state index in [-0.39, 0.29) is 0 Å². The maximum atomic E-state index is 5.77. The van der Waals surface area contributed by atoms with Gasteiger partial charge in [0.15, 0.2) is 0 Å². The van der Waals surface area contributed by atoms with Crippen LogP contribution in [0, 0.1) is 0 Å². The second-order valence-electron chi connectivity index (χ2n) is 4.90. The summed E-state index contributed by atoms with van der Waals surface area (Å²) in [5.41, 5.74) is 1.11. The molecule has 2 aromatic rings. The first-order valence-corrected chi connectivity index (χ1v) is 8.30. The van der Waals surface area contributed by atoms with Crippen LogP contribution in [0.5, 0.6) is 5.75 Å². The minimum atomic E-state index is 0.825. The van der Waals surface area contributed by atoms with Gasteiger partial charge in [-0.3, -0.25) is 0 Å². The summed E-state index contributed by atoms with van der Waals surface area (Å²) in [6, 6.07) is 12.3. The van der Waals surface area contributed by atoms with E-state index >= 15 is 0 Å². The third kappa shape index (κ3) is 5.25. The second kappa shape index (κ2) is 8.64. The van der Waals surface area contributed by atoms with Crippen molar-refractivity contribution in [3.8, 4) is 5.75 Å². The van der Waals surface area contributed by atoms with Gasteiger partial charge in [0, 0.05) is 17.1 Å². The van der Waals surface area contributed by atoms with Crippen LogP contribution in [0.4, 0.5) is 10.7 Å². The Labute approximate surface area is 125 Å². The molecule has 0 saturated heterocycles. The molecule has 0 saturated carbocycles. The minimum Gasteiger partial charge on any atom is -0.493 e. The summed E-state index contributed by atoms with van der Waals surface area (Å²) < 4.78 is 5.77. The maximum Gasteiger partial charge on any atom is 0.132 e. The summed E-state index contributed by atoms with van der Waals surface area (Å²) in [6.07, 6.45) is 6.37. The van der Waals surface area contributed by atoms with Gasteiger partial charge < -0.3 is 10.1 Å². The minimum absolute atomic E-state index is 0.825. The zero-order chi connectivity index (χ0) is 14.0. The first kappa shape index (κ1) is 14.9. The number of ether oxygens (including phenoxy) is 1. The molecule has 0 radical (unpaired) electrons. The van der Waals surface area contributed by atoms with Gasteiger partial charge in [0.1, 0.15) is 5.75 Å². The summed E-state index contributed by atoms with van der Waals surface area (Å²) >= 11 is 1.68. The lowest BCUT2D eigenvalue weighted by atomic mass is 10.2. The van der Waals surface area contributed by atoms with Gasteiger partial charge in [-0.1, -0.05) is 50.8 Å². The number of para-hydroxylation sites is 1. The molecule has 0 unspecified atom stereocenters. The van der Waals surface area contributed by atoms with Crippen LogP contribution in [0.15, 0.2) is 41.8 Å². The molecule has 0 spiro atoms. The number of hydrogen-bond donors (Lipinski definition) is 1. The number of anilines is 2. The highest BCUT2D eigenvalue weighted by atomic mass is 32.1. The van der Waals surface area contributed by atoms with Crippen LogP contribution in [-0.2, 0) is 0 Å². The Morgan fingerprint density at radius 1 is 1.05 bits per heavy atom. The lowest BCUT2D eigenvalue weighted by Crippen LogP contribution is -1.96. The fraction of sp³-hybridized carbons (Fsp3) is 0.412. The predicted molar refractivity (Wildman–Crippen MR) is 88.3 cm³/mol. The number of unbranched alkanes of at least 4 members (excludes halogenated alkanes) is 4. The number of hydrogen-bond acceptors (Lipinski definition) is 3. The lowest BCUT2D eigenvalue weighted by molar-refractivity contribution is 0.306. The van der Waals surface area contributed by atoms with Crippen LogP contribution in [0.1, 0.15) is 39.0 Å². The molecule has 0 amide bonds. The zero-order valence-electron chi connectivity index (χ0n) is 12.1. The van der Waals surface area contributed by atoms with Gasteiger partial charge >= 0.3 is 0 Å². The molecular weight excluding hydrogens is 266 g/mol. The van der Waals surface area contributed by atoms with Crippen molar-refractivity contribution in [2.45, 2.75) is 39.0 Å². The molecule has 0 fully saturated rings. The van der Waals surface area contributed by atoms with Crippen LogP contribution in [0.2, 0.25) is 0 Å². The summed E-state index contributed by atoms with van der Waals surface area (Å²) in [5.74, 6) is 0.976. The molecule has 20 heavy (non-hydrogen) atoms. The Hall–Kier alpha value is -1.48. The Morgan fingerprint density at radius 3 is 2.65 bits per heavy atom. The first-order chi connectivity index (χ1) is 9.88. The monoisotopic (exact) mass is 289 g/mol. The van der Waals surface area contributed by atoms with Crippen molar-refractivity contribution in [3.63, 3.8) is 0 Å². The van der Waals surface area contributed by atoms with Gasteiger partial charge in [-0.25, -0.2) is 0 Å². The Balaban J connectivity index is 1.70. The van der Waals surface area contributed by atoms with E-state index in [0.29, 0.717) is 0 Å². The Morgan fingerprint density at radius 2 is 1.85 bits per heavy atom. The van der Waals surface area contributed by atoms with Gasteiger partial charge in [-0.05, 0) is 18.6 Å². The van der Waals surface area contributed by atoms with Gasteiger partial charge in [-0.15, -0.1) is 11.3 Å². The second-order valence-corrected chi connectivity index (χ2v) is 5.81. The quantitative estimate of drug-likeness (QED) is 0.585. The molecular formula is C17H23NOS. The molecule has 108 valence electrons. The molecule has 0 aliphatic heterocycles. The molecule has 3 heteroatoms. The van der Waals surface area contributed by atoms with E-state index in [0.717, 1.165) is 29.5 Å². The zero-order valence-corrected chi connectivity index (χ0v) is 12.9. The van der Waals surface area contributed by atoms with Crippen LogP contribution in [-0.4, -0.2) is 6.61 Å². The molecule has 0 bridgehead atoms. The number of nitrogens with one attached hydrogen (secondary N) is 1. The topological polar surface area (TPSA) is 21.3 Å². The van der Waals surface area contributed by atoms with E-state index in [1.807, 2.05) is 18.2 Å². The normalized spacial score (nSPS) is 10.4. The van der Waals surface area contributed by atoms with Crippen LogP contribution in [0.25, 0.3) is 0 Å². The molecule has 0 aliphatic rings. The van der Waals surface area contributed by atoms with Crippen molar-refractivity contribution in [1.82, 2.24) is 0 Å². The maximum absolute atomic E-state index is 5.77. The summed E-state index contributed by atoms with van der Waals surface area (Å²) in [5, 5.41) is 6.57. The van der Waals surface area contributed by atoms with Crippen molar-refractivity contribution in [3.05, 3.63) is 41.8 Å². The summed E-state index contributed by atoms with van der Waals surface area (Å²) in [7, 11) is 0. The molecule has 0 atom stereocenters. The van der Waals surface area contributed by atoms with Crippen molar-refractivity contribution in [1.29, 1.82) is 0 Å². The van der Waals surface area contributed by atoms with Gasteiger partial charge in [0.25, 0.3) is 0 Å². The largest absolute Gasteiger partial charge is 0.493 e. The summed E-state index contributed by atoms with van der Waals surface area (Å²) in [4.78, 5) is 0. The van der Waals surface area contributed by atoms with Gasteiger partial charge in [0.05, 0.1) is 11.6 Å². The van der Waals surface area contributed by atoms with E-state index < -0.39 is 0 Å². The van der Waals surface area contributed by atoms with Crippen molar-refractivity contribution in [2.24, 2.45) is 0 Å². The summed E-state index contributed by atoms with van der Waals surface area (Å²) in [6.45, 7) is 3.06. The Bertz CT molecular complexity index is 481. The van der Waals surface area contributed by atoms with E-state index in [4.69, 9.17) is 4.74 Å². The fourth-order valence-corrected chi connectivity index (χ4v) is 2.76. The highest BCUT2D eigenvalue weighted by Crippen LogP contribution is 2.29. The van der Waals surface area contributed by atoms with E-state index in [1.165, 1.54) is 25.7 Å². The molecule has 1 aromatic carbocycles. The molecule has 1 aromatic heterocycles. The number of thiophene rings is 1. The lowest BCUT2D eigenvalue weighted by Gasteiger charge is -2.04. The van der Waals surface area contributed by atoms with Crippen molar-refractivity contribution >= 4 is 22.0 Å². The molecule has 2 rings (SSSR count). The predicted octanol–water partition coefficient (Wildman–Crippen LogP) is 5.84. The first-order valence-electron chi connectivity index (χ1n) is 7.42. The van der Waals surface area contributed by atoms with Crippen molar-refractivity contribution in [2.75, 3.05) is 11.9 Å². The number of rotatable bonds is 9. The van der Waals surface area contributed by atoms with Gasteiger partial charge in [-0.2, -0.15) is 0 Å². The third-order valence-corrected chi connectivity index (χ3v) is 3.96. The fourth-order valence-electron chi connectivity index (χ4n) is 2.02. The third-order valence-electron chi connectivity index (χ3n) is 3.13. The van der Waals surface area contributed by atoms with Gasteiger partial charge in [0.2, 0.25) is 0 Å². The van der Waals surface area contributed by atoms with E-state index in [1.54, 1.807) is 11.3 Å². The highest BCUT2D eigenvalue weighted by Gasteiger charge is 2.01. The van der Waals surface area contributed by atoms with E-state index in [9.17, 15) is 0 Å². The molecule has 1 N–H and O–H groups in total. The van der Waals surface area contributed by atoms with Crippen LogP contribution in [0.3, 0.4) is 0 Å². The highest BCUT2D eigenvalue weighted by molar-refractivity contribution is 7.14. The van der Waals surface area contributed by atoms with Crippen LogP contribution >= 0.6 is 11.3 Å². The average molecular weight is 289 g/mol. The van der Waals surface area contributed by atoms with Crippen molar-refractivity contribution < 1.29 is 4.74 Å². The molecule has 2 nitrogen and oxygen atoms in total. The SMILES string of the molecule is CCCCCCCOc1csc(Nc2ccccc2)c1. The van der Waals surface area contributed by atoms with Crippen LogP contribution < -0.4 is 10.1 Å². The van der Waals surface area contributed by atoms with E-state index in [2.05, 4.69) is 35.8 Å². The smallest absolute Gasteiger partial charge is 0.132 e. The molecule has 0 aliphatic carbocycles.